The van der Waals surface area contributed by atoms with E-state index < -0.39 is 0 Å². The molecule has 5 nitrogen and oxygen atoms in total. The fraction of sp³-hybridized carbons (Fsp3) is 0.556. The number of allylic oxidation sites excluding steroid dienone is 1. The van der Waals surface area contributed by atoms with Gasteiger partial charge < -0.3 is 15.5 Å². The van der Waals surface area contributed by atoms with Crippen LogP contribution in [0.1, 0.15) is 6.92 Å². The summed E-state index contributed by atoms with van der Waals surface area (Å²) in [4.78, 5) is 23.7. The third-order valence-corrected chi connectivity index (χ3v) is 1.94. The van der Waals surface area contributed by atoms with E-state index in [2.05, 4.69) is 10.6 Å². The van der Waals surface area contributed by atoms with Crippen LogP contribution in [0.5, 0.6) is 0 Å². The van der Waals surface area contributed by atoms with Gasteiger partial charge in [0.15, 0.2) is 0 Å². The van der Waals surface area contributed by atoms with Crippen molar-refractivity contribution in [1.82, 2.24) is 15.5 Å². The molecule has 0 aromatic carbocycles. The van der Waals surface area contributed by atoms with Crippen molar-refractivity contribution < 1.29 is 9.59 Å². The first-order chi connectivity index (χ1) is 6.74. The van der Waals surface area contributed by atoms with Gasteiger partial charge >= 0.3 is 6.03 Å². The van der Waals surface area contributed by atoms with Gasteiger partial charge in [0.25, 0.3) is 0 Å². The second-order valence-corrected chi connectivity index (χ2v) is 3.01. The molecule has 1 heterocycles. The van der Waals surface area contributed by atoms with Crippen LogP contribution in [0.2, 0.25) is 0 Å². The molecule has 5 heteroatoms. The van der Waals surface area contributed by atoms with Crippen LogP contribution in [0.4, 0.5) is 4.79 Å². The zero-order valence-electron chi connectivity index (χ0n) is 8.25. The Morgan fingerprint density at radius 1 is 1.71 bits per heavy atom. The summed E-state index contributed by atoms with van der Waals surface area (Å²) in [5, 5.41) is 5.38. The summed E-state index contributed by atoms with van der Waals surface area (Å²) in [5.41, 5.74) is 0. The second-order valence-electron chi connectivity index (χ2n) is 3.01. The second kappa shape index (κ2) is 5.26. The molecule has 1 aliphatic heterocycles. The minimum absolute atomic E-state index is 0.0507. The summed E-state index contributed by atoms with van der Waals surface area (Å²) in [6.07, 6.45) is 3.14. The molecular formula is C9H15N3O2. The summed E-state index contributed by atoms with van der Waals surface area (Å²) in [6, 6.07) is -0.0507. The predicted octanol–water partition coefficient (Wildman–Crippen LogP) is -0.296. The van der Waals surface area contributed by atoms with E-state index >= 15 is 0 Å². The van der Waals surface area contributed by atoms with Crippen molar-refractivity contribution in [3.05, 3.63) is 12.2 Å². The van der Waals surface area contributed by atoms with E-state index in [4.69, 9.17) is 0 Å². The van der Waals surface area contributed by atoms with Gasteiger partial charge in [-0.2, -0.15) is 0 Å². The number of hydrogen-bond acceptors (Lipinski definition) is 2. The molecule has 1 saturated heterocycles. The first-order valence-corrected chi connectivity index (χ1v) is 4.67. The van der Waals surface area contributed by atoms with Gasteiger partial charge in [-0.3, -0.25) is 4.79 Å². The highest BCUT2D eigenvalue weighted by molar-refractivity contribution is 5.87. The lowest BCUT2D eigenvalue weighted by Gasteiger charge is -2.13. The van der Waals surface area contributed by atoms with E-state index in [1.165, 1.54) is 6.08 Å². The van der Waals surface area contributed by atoms with Crippen molar-refractivity contribution in [2.45, 2.75) is 6.92 Å². The topological polar surface area (TPSA) is 61.4 Å². The standard InChI is InChI=1S/C9H15N3O2/c1-2-3-8(13)10-4-6-12-7-5-11-9(12)14/h2-3H,4-7H2,1H3,(H,10,13)(H,11,14). The molecule has 0 spiro atoms. The summed E-state index contributed by atoms with van der Waals surface area (Å²) < 4.78 is 0. The average molecular weight is 197 g/mol. The van der Waals surface area contributed by atoms with E-state index in [0.717, 1.165) is 6.54 Å². The van der Waals surface area contributed by atoms with Crippen LogP contribution in [0.15, 0.2) is 12.2 Å². The Morgan fingerprint density at radius 2 is 2.50 bits per heavy atom. The zero-order chi connectivity index (χ0) is 10.4. The molecule has 2 N–H and O–H groups in total. The number of nitrogens with zero attached hydrogens (tertiary/aromatic N) is 1. The fourth-order valence-corrected chi connectivity index (χ4v) is 1.25. The Hall–Kier alpha value is -1.52. The monoisotopic (exact) mass is 197 g/mol. The maximum absolute atomic E-state index is 11.1. The number of carbonyl (C=O) groups excluding carboxylic acids is 2. The first kappa shape index (κ1) is 10.6. The van der Waals surface area contributed by atoms with Crippen LogP contribution in [0.25, 0.3) is 0 Å². The van der Waals surface area contributed by atoms with E-state index in [1.54, 1.807) is 17.9 Å². The number of urea groups is 1. The van der Waals surface area contributed by atoms with Gasteiger partial charge in [-0.25, -0.2) is 4.79 Å². The molecule has 1 aliphatic rings. The Kier molecular flexibility index (Phi) is 3.97. The lowest BCUT2D eigenvalue weighted by Crippen LogP contribution is -2.36. The van der Waals surface area contributed by atoms with Crippen molar-refractivity contribution >= 4 is 11.9 Å². The van der Waals surface area contributed by atoms with Gasteiger partial charge in [0.05, 0.1) is 0 Å². The van der Waals surface area contributed by atoms with Crippen molar-refractivity contribution in [3.8, 4) is 0 Å². The first-order valence-electron chi connectivity index (χ1n) is 4.67. The Labute approximate surface area is 83.1 Å². The largest absolute Gasteiger partial charge is 0.351 e. The lowest BCUT2D eigenvalue weighted by atomic mass is 10.4. The SMILES string of the molecule is CC=CC(=O)NCCN1CCNC1=O. The molecular weight excluding hydrogens is 182 g/mol. The van der Waals surface area contributed by atoms with E-state index in [-0.39, 0.29) is 11.9 Å². The molecule has 0 radical (unpaired) electrons. The third-order valence-electron chi connectivity index (χ3n) is 1.94. The number of nitrogens with one attached hydrogen (secondary N) is 2. The van der Waals surface area contributed by atoms with Gasteiger partial charge in [-0.1, -0.05) is 6.08 Å². The zero-order valence-corrected chi connectivity index (χ0v) is 8.25. The molecule has 0 aromatic rings. The molecule has 0 atom stereocenters. The quantitative estimate of drug-likeness (QED) is 0.608. The Morgan fingerprint density at radius 3 is 3.07 bits per heavy atom. The highest BCUT2D eigenvalue weighted by Crippen LogP contribution is 1.94. The van der Waals surface area contributed by atoms with E-state index in [1.807, 2.05) is 0 Å². The van der Waals surface area contributed by atoms with Crippen LogP contribution in [-0.4, -0.2) is 43.0 Å². The van der Waals surface area contributed by atoms with Crippen molar-refractivity contribution in [1.29, 1.82) is 0 Å². The molecule has 0 aromatic heterocycles. The fourth-order valence-electron chi connectivity index (χ4n) is 1.25. The molecule has 0 bridgehead atoms. The molecule has 0 saturated carbocycles. The van der Waals surface area contributed by atoms with Crippen LogP contribution in [-0.2, 0) is 4.79 Å². The maximum Gasteiger partial charge on any atom is 0.317 e. The highest BCUT2D eigenvalue weighted by atomic mass is 16.2. The van der Waals surface area contributed by atoms with E-state index in [9.17, 15) is 9.59 Å². The summed E-state index contributed by atoms with van der Waals surface area (Å²) in [5.74, 6) is -0.118. The molecule has 0 aliphatic carbocycles. The number of carbonyl (C=O) groups is 2. The smallest absolute Gasteiger partial charge is 0.317 e. The van der Waals surface area contributed by atoms with Gasteiger partial charge in [0.2, 0.25) is 5.91 Å². The molecule has 1 rings (SSSR count). The molecule has 78 valence electrons. The molecule has 14 heavy (non-hydrogen) atoms. The minimum Gasteiger partial charge on any atom is -0.351 e. The summed E-state index contributed by atoms with van der Waals surface area (Å²) >= 11 is 0. The number of rotatable bonds is 4. The van der Waals surface area contributed by atoms with Gasteiger partial charge in [0, 0.05) is 26.2 Å². The number of amides is 3. The maximum atomic E-state index is 11.1. The number of hydrogen-bond donors (Lipinski definition) is 2. The Balaban J connectivity index is 2.15. The van der Waals surface area contributed by atoms with Crippen molar-refractivity contribution in [3.63, 3.8) is 0 Å². The summed E-state index contributed by atoms with van der Waals surface area (Å²) in [7, 11) is 0. The van der Waals surface area contributed by atoms with Crippen LogP contribution >= 0.6 is 0 Å². The van der Waals surface area contributed by atoms with Crippen LogP contribution < -0.4 is 10.6 Å². The van der Waals surface area contributed by atoms with E-state index in [0.29, 0.717) is 19.6 Å². The molecule has 0 unspecified atom stereocenters. The molecule has 1 fully saturated rings. The summed E-state index contributed by atoms with van der Waals surface area (Å²) in [6.45, 7) is 4.26. The van der Waals surface area contributed by atoms with Crippen LogP contribution in [0.3, 0.4) is 0 Å². The third kappa shape index (κ3) is 3.08. The lowest BCUT2D eigenvalue weighted by molar-refractivity contribution is -0.116. The predicted molar refractivity (Wildman–Crippen MR) is 52.8 cm³/mol. The van der Waals surface area contributed by atoms with Gasteiger partial charge in [-0.05, 0) is 13.0 Å². The van der Waals surface area contributed by atoms with Crippen LogP contribution in [0, 0.1) is 0 Å². The normalized spacial score (nSPS) is 16.1. The van der Waals surface area contributed by atoms with Crippen molar-refractivity contribution in [2.75, 3.05) is 26.2 Å². The minimum atomic E-state index is -0.118. The Bertz CT molecular complexity index is 250. The van der Waals surface area contributed by atoms with Crippen molar-refractivity contribution in [2.24, 2.45) is 0 Å². The average Bonchev–Trinajstić information content (AvgIpc) is 2.52. The van der Waals surface area contributed by atoms with Gasteiger partial charge in [-0.15, -0.1) is 0 Å². The molecule has 3 amide bonds. The van der Waals surface area contributed by atoms with Gasteiger partial charge in [0.1, 0.15) is 0 Å². The highest BCUT2D eigenvalue weighted by Gasteiger charge is 2.18.